The summed E-state index contributed by atoms with van der Waals surface area (Å²) in [5.41, 5.74) is 0.839. The van der Waals surface area contributed by atoms with E-state index in [9.17, 15) is 4.79 Å². The van der Waals surface area contributed by atoms with Crippen LogP contribution in [0.4, 0.5) is 5.82 Å². The Morgan fingerprint density at radius 2 is 2.05 bits per heavy atom. The molecule has 2 rings (SSSR count). The van der Waals surface area contributed by atoms with Crippen molar-refractivity contribution in [3.63, 3.8) is 0 Å². The highest BCUT2D eigenvalue weighted by Gasteiger charge is 2.15. The number of benzene rings is 1. The molecule has 0 saturated carbocycles. The number of halogens is 1. The Morgan fingerprint density at radius 1 is 1.30 bits per heavy atom. The van der Waals surface area contributed by atoms with Gasteiger partial charge in [0.05, 0.1) is 0 Å². The summed E-state index contributed by atoms with van der Waals surface area (Å²) in [7, 11) is 0. The van der Waals surface area contributed by atoms with Crippen molar-refractivity contribution in [3.05, 3.63) is 53.2 Å². The van der Waals surface area contributed by atoms with Gasteiger partial charge in [-0.3, -0.25) is 4.79 Å². The van der Waals surface area contributed by atoms with E-state index in [2.05, 4.69) is 10.3 Å². The van der Waals surface area contributed by atoms with Crippen molar-refractivity contribution < 1.29 is 9.53 Å². The number of aryl methyl sites for hydroxylation is 1. The quantitative estimate of drug-likeness (QED) is 0.938. The van der Waals surface area contributed by atoms with Gasteiger partial charge in [0.15, 0.2) is 6.10 Å². The normalized spacial score (nSPS) is 11.8. The van der Waals surface area contributed by atoms with E-state index in [-0.39, 0.29) is 5.91 Å². The van der Waals surface area contributed by atoms with E-state index in [0.717, 1.165) is 5.69 Å². The molecule has 20 heavy (non-hydrogen) atoms. The lowest BCUT2D eigenvalue weighted by Gasteiger charge is -2.14. The minimum Gasteiger partial charge on any atom is -0.481 e. The van der Waals surface area contributed by atoms with Crippen molar-refractivity contribution in [2.24, 2.45) is 0 Å². The average Bonchev–Trinajstić information content (AvgIpc) is 2.38. The lowest BCUT2D eigenvalue weighted by molar-refractivity contribution is -0.122. The van der Waals surface area contributed by atoms with Crippen molar-refractivity contribution in [1.82, 2.24) is 4.98 Å². The number of carbonyl (C=O) groups is 1. The molecule has 0 aliphatic rings. The summed E-state index contributed by atoms with van der Waals surface area (Å²) >= 11 is 5.86. The zero-order chi connectivity index (χ0) is 14.5. The summed E-state index contributed by atoms with van der Waals surface area (Å²) in [6.07, 6.45) is -0.643. The van der Waals surface area contributed by atoms with Gasteiger partial charge >= 0.3 is 0 Å². The fourth-order valence-electron chi connectivity index (χ4n) is 1.64. The third-order valence-electron chi connectivity index (χ3n) is 2.62. The van der Waals surface area contributed by atoms with E-state index in [1.54, 1.807) is 37.3 Å². The van der Waals surface area contributed by atoms with Crippen LogP contribution in [0, 0.1) is 6.92 Å². The number of rotatable bonds is 4. The predicted molar refractivity (Wildman–Crippen MR) is 79.1 cm³/mol. The van der Waals surface area contributed by atoms with Crippen LogP contribution in [0.1, 0.15) is 12.6 Å². The molecular weight excluding hydrogens is 276 g/mol. The second-order valence-corrected chi connectivity index (χ2v) is 4.81. The zero-order valence-electron chi connectivity index (χ0n) is 11.3. The minimum atomic E-state index is -0.643. The van der Waals surface area contributed by atoms with Gasteiger partial charge in [0.1, 0.15) is 11.6 Å². The molecular formula is C15H15ClN2O2. The second-order valence-electron chi connectivity index (χ2n) is 4.37. The fraction of sp³-hybridized carbons (Fsp3) is 0.200. The molecule has 1 N–H and O–H groups in total. The molecule has 0 bridgehead atoms. The first kappa shape index (κ1) is 14.3. The molecule has 0 saturated heterocycles. The molecule has 104 valence electrons. The number of anilines is 1. The maximum Gasteiger partial charge on any atom is 0.266 e. The van der Waals surface area contributed by atoms with Crippen molar-refractivity contribution in [2.45, 2.75) is 20.0 Å². The van der Waals surface area contributed by atoms with E-state index in [1.807, 2.05) is 19.1 Å². The Hall–Kier alpha value is -2.07. The Morgan fingerprint density at radius 3 is 2.75 bits per heavy atom. The number of aromatic nitrogens is 1. The maximum absolute atomic E-state index is 12.0. The number of ether oxygens (including phenoxy) is 1. The highest BCUT2D eigenvalue weighted by atomic mass is 35.5. The summed E-state index contributed by atoms with van der Waals surface area (Å²) in [4.78, 5) is 16.2. The zero-order valence-corrected chi connectivity index (χ0v) is 12.0. The maximum atomic E-state index is 12.0. The van der Waals surface area contributed by atoms with Gasteiger partial charge in [0, 0.05) is 10.7 Å². The number of pyridine rings is 1. The van der Waals surface area contributed by atoms with Gasteiger partial charge in [0.2, 0.25) is 0 Å². The van der Waals surface area contributed by atoms with Crippen LogP contribution in [-0.2, 0) is 4.79 Å². The van der Waals surface area contributed by atoms with E-state index in [4.69, 9.17) is 16.3 Å². The van der Waals surface area contributed by atoms with Crippen LogP contribution < -0.4 is 10.1 Å². The predicted octanol–water partition coefficient (Wildman–Crippen LogP) is 3.45. The minimum absolute atomic E-state index is 0.261. The van der Waals surface area contributed by atoms with Crippen LogP contribution in [0.25, 0.3) is 0 Å². The molecule has 0 aliphatic carbocycles. The third kappa shape index (κ3) is 3.96. The van der Waals surface area contributed by atoms with Gasteiger partial charge < -0.3 is 10.1 Å². The van der Waals surface area contributed by atoms with Gasteiger partial charge in [0.25, 0.3) is 5.91 Å². The highest BCUT2D eigenvalue weighted by molar-refractivity contribution is 6.30. The van der Waals surface area contributed by atoms with E-state index in [0.29, 0.717) is 16.6 Å². The number of carbonyl (C=O) groups excluding carboxylic acids is 1. The van der Waals surface area contributed by atoms with Gasteiger partial charge in [-0.2, -0.15) is 0 Å². The molecule has 0 spiro atoms. The van der Waals surface area contributed by atoms with E-state index in [1.165, 1.54) is 0 Å². The number of nitrogens with one attached hydrogen (secondary N) is 1. The Balaban J connectivity index is 1.98. The smallest absolute Gasteiger partial charge is 0.266 e. The third-order valence-corrected chi connectivity index (χ3v) is 2.85. The molecule has 1 aromatic carbocycles. The summed E-state index contributed by atoms with van der Waals surface area (Å²) in [6.45, 7) is 3.54. The first-order valence-corrected chi connectivity index (χ1v) is 6.59. The van der Waals surface area contributed by atoms with Gasteiger partial charge in [-0.1, -0.05) is 23.7 Å². The number of hydrogen-bond donors (Lipinski definition) is 1. The van der Waals surface area contributed by atoms with Crippen LogP contribution >= 0.6 is 11.6 Å². The molecule has 4 nitrogen and oxygen atoms in total. The fourth-order valence-corrected chi connectivity index (χ4v) is 1.82. The molecule has 0 fully saturated rings. The van der Waals surface area contributed by atoms with Gasteiger partial charge in [-0.15, -0.1) is 0 Å². The SMILES string of the molecule is Cc1cccc(NC(=O)[C@@H](C)Oc2cccc(Cl)c2)n1. The van der Waals surface area contributed by atoms with Crippen molar-refractivity contribution in [3.8, 4) is 5.75 Å². The van der Waals surface area contributed by atoms with Crippen molar-refractivity contribution in [2.75, 3.05) is 5.32 Å². The molecule has 1 amide bonds. The van der Waals surface area contributed by atoms with Gasteiger partial charge in [-0.25, -0.2) is 4.98 Å². The van der Waals surface area contributed by atoms with Crippen LogP contribution in [0.5, 0.6) is 5.75 Å². The van der Waals surface area contributed by atoms with Crippen LogP contribution in [-0.4, -0.2) is 17.0 Å². The molecule has 2 aromatic rings. The monoisotopic (exact) mass is 290 g/mol. The second kappa shape index (κ2) is 6.39. The Labute approximate surface area is 122 Å². The molecule has 0 radical (unpaired) electrons. The molecule has 1 heterocycles. The molecule has 0 aliphatic heterocycles. The topological polar surface area (TPSA) is 51.2 Å². The van der Waals surface area contributed by atoms with E-state index >= 15 is 0 Å². The summed E-state index contributed by atoms with van der Waals surface area (Å²) in [6, 6.07) is 12.4. The standard InChI is InChI=1S/C15H15ClN2O2/c1-10-5-3-8-14(17-10)18-15(19)11(2)20-13-7-4-6-12(16)9-13/h3-9,11H,1-2H3,(H,17,18,19)/t11-/m1/s1. The van der Waals surface area contributed by atoms with Gasteiger partial charge in [-0.05, 0) is 44.2 Å². The van der Waals surface area contributed by atoms with E-state index < -0.39 is 6.10 Å². The number of nitrogens with zero attached hydrogens (tertiary/aromatic N) is 1. The summed E-state index contributed by atoms with van der Waals surface area (Å²) in [5, 5.41) is 3.27. The number of hydrogen-bond acceptors (Lipinski definition) is 3. The molecule has 1 aromatic heterocycles. The lowest BCUT2D eigenvalue weighted by Crippen LogP contribution is -2.30. The molecule has 5 heteroatoms. The van der Waals surface area contributed by atoms with Crippen molar-refractivity contribution >= 4 is 23.3 Å². The van der Waals surface area contributed by atoms with Crippen LogP contribution in [0.2, 0.25) is 5.02 Å². The number of amides is 1. The molecule has 1 atom stereocenters. The van der Waals surface area contributed by atoms with Crippen LogP contribution in [0.15, 0.2) is 42.5 Å². The Kier molecular flexibility index (Phi) is 4.58. The highest BCUT2D eigenvalue weighted by Crippen LogP contribution is 2.18. The first-order chi connectivity index (χ1) is 9.54. The average molecular weight is 291 g/mol. The van der Waals surface area contributed by atoms with Crippen LogP contribution in [0.3, 0.4) is 0 Å². The molecule has 0 unspecified atom stereocenters. The summed E-state index contributed by atoms with van der Waals surface area (Å²) < 4.78 is 5.54. The van der Waals surface area contributed by atoms with Crippen molar-refractivity contribution in [1.29, 1.82) is 0 Å². The summed E-state index contributed by atoms with van der Waals surface area (Å²) in [5.74, 6) is 0.803. The lowest BCUT2D eigenvalue weighted by atomic mass is 10.3. The largest absolute Gasteiger partial charge is 0.481 e. The first-order valence-electron chi connectivity index (χ1n) is 6.21. The Bertz CT molecular complexity index is 616.